The van der Waals surface area contributed by atoms with Gasteiger partial charge < -0.3 is 9.47 Å². The summed E-state index contributed by atoms with van der Waals surface area (Å²) in [5.41, 5.74) is 0.562. The lowest BCUT2D eigenvalue weighted by atomic mass is 10.1. The van der Waals surface area contributed by atoms with E-state index >= 15 is 0 Å². The summed E-state index contributed by atoms with van der Waals surface area (Å²) in [6.07, 6.45) is 1.50. The number of hydrogen-bond acceptors (Lipinski definition) is 6. The molecule has 1 aromatic heterocycles. The number of rotatable bonds is 8. The number of hydrogen-bond donors (Lipinski definition) is 0. The molecule has 0 spiro atoms. The fraction of sp³-hybridized carbons (Fsp3) is 0.0417. The second-order valence-electron chi connectivity index (χ2n) is 6.65. The molecule has 0 atom stereocenters. The van der Waals surface area contributed by atoms with E-state index in [1.807, 2.05) is 0 Å². The van der Waals surface area contributed by atoms with Gasteiger partial charge in [-0.25, -0.2) is 4.98 Å². The Labute approximate surface area is 209 Å². The van der Waals surface area contributed by atoms with Gasteiger partial charge in [-0.2, -0.15) is 4.98 Å². The lowest BCUT2D eigenvalue weighted by molar-refractivity contribution is 0.102. The number of aromatic nitrogens is 2. The molecule has 1 heterocycles. The molecule has 166 valence electrons. The van der Waals surface area contributed by atoms with E-state index in [1.54, 1.807) is 72.8 Å². The molecule has 0 aliphatic carbocycles. The van der Waals surface area contributed by atoms with Crippen LogP contribution in [0.15, 0.2) is 84.1 Å². The molecule has 4 rings (SSSR count). The van der Waals surface area contributed by atoms with Crippen LogP contribution in [0.4, 0.5) is 0 Å². The van der Waals surface area contributed by atoms with E-state index in [2.05, 4.69) is 9.97 Å². The van der Waals surface area contributed by atoms with Crippen molar-refractivity contribution in [2.45, 2.75) is 5.16 Å². The Morgan fingerprint density at radius 2 is 1.27 bits per heavy atom. The van der Waals surface area contributed by atoms with Gasteiger partial charge >= 0.3 is 0 Å². The summed E-state index contributed by atoms with van der Waals surface area (Å²) in [5.74, 6) is 1.65. The highest BCUT2D eigenvalue weighted by Gasteiger charge is 2.15. The highest BCUT2D eigenvalue weighted by Crippen LogP contribution is 2.34. The first-order chi connectivity index (χ1) is 16.0. The molecule has 0 saturated heterocycles. The molecule has 0 bridgehead atoms. The maximum Gasteiger partial charge on any atom is 0.267 e. The second-order valence-corrected chi connectivity index (χ2v) is 8.90. The summed E-state index contributed by atoms with van der Waals surface area (Å²) in [6, 6.07) is 20.4. The Balaban J connectivity index is 1.55. The number of Topliss-reactive ketones (excluding diaryl/α,β-unsaturated/α-hetero) is 1. The summed E-state index contributed by atoms with van der Waals surface area (Å²) >= 11 is 19.0. The third-order valence-corrected chi connectivity index (χ3v) is 5.89. The summed E-state index contributed by atoms with van der Waals surface area (Å²) in [6.45, 7) is 0. The Morgan fingerprint density at radius 1 is 0.758 bits per heavy atom. The zero-order valence-electron chi connectivity index (χ0n) is 16.9. The van der Waals surface area contributed by atoms with Gasteiger partial charge in [0, 0.05) is 20.6 Å². The van der Waals surface area contributed by atoms with Crippen LogP contribution in [0.25, 0.3) is 0 Å². The van der Waals surface area contributed by atoms with Crippen molar-refractivity contribution in [2.24, 2.45) is 0 Å². The molecule has 0 N–H and O–H groups in total. The molecule has 0 fully saturated rings. The van der Waals surface area contributed by atoms with Gasteiger partial charge in [-0.1, -0.05) is 46.6 Å². The summed E-state index contributed by atoms with van der Waals surface area (Å²) in [7, 11) is 0. The van der Waals surface area contributed by atoms with Crippen molar-refractivity contribution >= 4 is 52.3 Å². The maximum absolute atomic E-state index is 12.5. The molecule has 0 saturated carbocycles. The van der Waals surface area contributed by atoms with Crippen LogP contribution in [0.2, 0.25) is 15.1 Å². The summed E-state index contributed by atoms with van der Waals surface area (Å²) in [5, 5.41) is 2.11. The van der Waals surface area contributed by atoms with Crippen LogP contribution in [0, 0.1) is 0 Å². The smallest absolute Gasteiger partial charge is 0.267 e. The minimum Gasteiger partial charge on any atom is -0.450 e. The minimum absolute atomic E-state index is 0.0677. The number of thioether (sulfide) groups is 1. The third kappa shape index (κ3) is 6.62. The Bertz CT molecular complexity index is 1250. The van der Waals surface area contributed by atoms with Crippen molar-refractivity contribution in [1.82, 2.24) is 9.97 Å². The molecular weight excluding hydrogens is 503 g/mol. The van der Waals surface area contributed by atoms with Gasteiger partial charge in [0.1, 0.15) is 11.5 Å². The molecule has 0 aliphatic heterocycles. The predicted octanol–water partition coefficient (Wildman–Crippen LogP) is 8.00. The SMILES string of the molecule is O=C(CSc1ncc(Oc2ccc(Cl)cc2)c(Oc2ccc(Cl)cc2)n1)c1ccc(Cl)cc1. The Hall–Kier alpha value is -2.77. The highest BCUT2D eigenvalue weighted by atomic mass is 35.5. The number of ketones is 1. The molecule has 0 radical (unpaired) electrons. The standard InChI is InChI=1S/C24H15Cl3N2O3S/c25-16-3-1-15(2-4-16)21(30)14-33-24-28-13-22(31-19-9-5-17(26)6-10-19)23(29-24)32-20-11-7-18(27)8-12-20/h1-13H,14H2. The summed E-state index contributed by atoms with van der Waals surface area (Å²) < 4.78 is 11.8. The largest absolute Gasteiger partial charge is 0.450 e. The number of carbonyl (C=O) groups is 1. The van der Waals surface area contributed by atoms with Crippen molar-refractivity contribution in [3.63, 3.8) is 0 Å². The zero-order chi connectivity index (χ0) is 23.2. The van der Waals surface area contributed by atoms with E-state index in [4.69, 9.17) is 44.3 Å². The van der Waals surface area contributed by atoms with E-state index in [0.29, 0.717) is 43.0 Å². The van der Waals surface area contributed by atoms with Crippen LogP contribution in [-0.2, 0) is 0 Å². The first kappa shape index (κ1) is 23.4. The van der Waals surface area contributed by atoms with Crippen molar-refractivity contribution in [3.05, 3.63) is 99.6 Å². The van der Waals surface area contributed by atoms with Crippen LogP contribution >= 0.6 is 46.6 Å². The van der Waals surface area contributed by atoms with Gasteiger partial charge in [0.25, 0.3) is 5.88 Å². The molecule has 0 aliphatic rings. The summed E-state index contributed by atoms with van der Waals surface area (Å²) in [4.78, 5) is 21.2. The van der Waals surface area contributed by atoms with Crippen molar-refractivity contribution in [2.75, 3.05) is 5.75 Å². The molecule has 4 aromatic rings. The van der Waals surface area contributed by atoms with E-state index in [0.717, 1.165) is 0 Å². The van der Waals surface area contributed by atoms with Gasteiger partial charge in [0.2, 0.25) is 5.75 Å². The van der Waals surface area contributed by atoms with Crippen LogP contribution in [0.1, 0.15) is 10.4 Å². The molecule has 5 nitrogen and oxygen atoms in total. The van der Waals surface area contributed by atoms with E-state index < -0.39 is 0 Å². The average Bonchev–Trinajstić information content (AvgIpc) is 2.82. The Morgan fingerprint density at radius 3 is 1.85 bits per heavy atom. The predicted molar refractivity (Wildman–Crippen MR) is 132 cm³/mol. The molecule has 9 heteroatoms. The lowest BCUT2D eigenvalue weighted by Gasteiger charge is -2.12. The van der Waals surface area contributed by atoms with Crippen molar-refractivity contribution < 1.29 is 14.3 Å². The van der Waals surface area contributed by atoms with Crippen LogP contribution in [0.5, 0.6) is 23.1 Å². The number of halogens is 3. The van der Waals surface area contributed by atoms with Crippen molar-refractivity contribution in [1.29, 1.82) is 0 Å². The van der Waals surface area contributed by atoms with Gasteiger partial charge in [-0.15, -0.1) is 0 Å². The van der Waals surface area contributed by atoms with Gasteiger partial charge in [0.15, 0.2) is 10.9 Å². The number of nitrogens with zero attached hydrogens (tertiary/aromatic N) is 2. The monoisotopic (exact) mass is 516 g/mol. The Kier molecular flexibility index (Phi) is 7.73. The van der Waals surface area contributed by atoms with Gasteiger partial charge in [-0.05, 0) is 72.8 Å². The minimum atomic E-state index is -0.0677. The topological polar surface area (TPSA) is 61.3 Å². The second kappa shape index (κ2) is 10.9. The number of ether oxygens (including phenoxy) is 2. The van der Waals surface area contributed by atoms with Crippen molar-refractivity contribution in [3.8, 4) is 23.1 Å². The number of benzene rings is 3. The van der Waals surface area contributed by atoms with Crippen LogP contribution < -0.4 is 9.47 Å². The van der Waals surface area contributed by atoms with Crippen LogP contribution in [0.3, 0.4) is 0 Å². The van der Waals surface area contributed by atoms with Crippen LogP contribution in [-0.4, -0.2) is 21.5 Å². The first-order valence-electron chi connectivity index (χ1n) is 9.62. The number of carbonyl (C=O) groups excluding carboxylic acids is 1. The fourth-order valence-electron chi connectivity index (χ4n) is 2.65. The third-order valence-electron chi connectivity index (χ3n) is 4.27. The molecule has 33 heavy (non-hydrogen) atoms. The quantitative estimate of drug-likeness (QED) is 0.134. The van der Waals surface area contributed by atoms with E-state index in [-0.39, 0.29) is 17.4 Å². The van der Waals surface area contributed by atoms with Gasteiger partial charge in [0.05, 0.1) is 11.9 Å². The molecule has 0 amide bonds. The highest BCUT2D eigenvalue weighted by molar-refractivity contribution is 7.99. The zero-order valence-corrected chi connectivity index (χ0v) is 20.0. The average molecular weight is 518 g/mol. The van der Waals surface area contributed by atoms with E-state index in [9.17, 15) is 4.79 Å². The van der Waals surface area contributed by atoms with E-state index in [1.165, 1.54) is 18.0 Å². The normalized spacial score (nSPS) is 10.6. The molecular formula is C24H15Cl3N2O3S. The molecule has 0 unspecified atom stereocenters. The maximum atomic E-state index is 12.5. The van der Waals surface area contributed by atoms with Gasteiger partial charge in [-0.3, -0.25) is 4.79 Å². The first-order valence-corrected chi connectivity index (χ1v) is 11.7. The fourth-order valence-corrected chi connectivity index (χ4v) is 3.73. The molecule has 3 aromatic carbocycles. The lowest BCUT2D eigenvalue weighted by Crippen LogP contribution is -2.03.